The molecular weight excluding hydrogens is 390 g/mol. The lowest BCUT2D eigenvalue weighted by molar-refractivity contribution is 0.0794. The van der Waals surface area contributed by atoms with Gasteiger partial charge in [0.05, 0.1) is 11.3 Å². The van der Waals surface area contributed by atoms with Gasteiger partial charge in [-0.3, -0.25) is 9.78 Å². The lowest BCUT2D eigenvalue weighted by Crippen LogP contribution is -2.29. The summed E-state index contributed by atoms with van der Waals surface area (Å²) in [4.78, 5) is 23.3. The van der Waals surface area contributed by atoms with Crippen LogP contribution in [0, 0.1) is 0 Å². The fraction of sp³-hybridized carbons (Fsp3) is 0.217. The average molecular weight is 416 g/mol. The van der Waals surface area contributed by atoms with E-state index in [0.717, 1.165) is 35.3 Å². The van der Waals surface area contributed by atoms with E-state index in [1.165, 1.54) is 0 Å². The Labute approximate surface area is 180 Å². The van der Waals surface area contributed by atoms with Gasteiger partial charge in [0.25, 0.3) is 5.91 Å². The van der Waals surface area contributed by atoms with Crippen LogP contribution >= 0.6 is 0 Å². The fourth-order valence-electron chi connectivity index (χ4n) is 3.48. The quantitative estimate of drug-likeness (QED) is 0.450. The highest BCUT2D eigenvalue weighted by Crippen LogP contribution is 2.29. The Bertz CT molecular complexity index is 1190. The van der Waals surface area contributed by atoms with E-state index in [-0.39, 0.29) is 5.91 Å². The van der Waals surface area contributed by atoms with Gasteiger partial charge < -0.3 is 16.0 Å². The predicted molar refractivity (Wildman–Crippen MR) is 122 cm³/mol. The van der Waals surface area contributed by atoms with Crippen molar-refractivity contribution in [3.8, 4) is 22.4 Å². The second kappa shape index (κ2) is 8.93. The van der Waals surface area contributed by atoms with E-state index in [1.54, 1.807) is 21.8 Å². The summed E-state index contributed by atoms with van der Waals surface area (Å²) in [6, 6.07) is 13.2. The largest absolute Gasteiger partial charge is 0.382 e. The van der Waals surface area contributed by atoms with Crippen LogP contribution < -0.4 is 11.1 Å². The molecule has 0 atom stereocenters. The molecule has 158 valence electrons. The van der Waals surface area contributed by atoms with Gasteiger partial charge in [0.2, 0.25) is 0 Å². The number of fused-ring (bicyclic) bond motifs is 1. The van der Waals surface area contributed by atoms with Crippen LogP contribution in [0.5, 0.6) is 0 Å². The Morgan fingerprint density at radius 1 is 1.13 bits per heavy atom. The summed E-state index contributed by atoms with van der Waals surface area (Å²) in [6.45, 7) is 1.59. The van der Waals surface area contributed by atoms with Crippen LogP contribution in [0.1, 0.15) is 16.8 Å². The van der Waals surface area contributed by atoms with Gasteiger partial charge in [-0.15, -0.1) is 5.10 Å². The highest BCUT2D eigenvalue weighted by atomic mass is 16.2. The smallest absolute Gasteiger partial charge is 0.253 e. The van der Waals surface area contributed by atoms with Gasteiger partial charge in [0.1, 0.15) is 0 Å². The molecule has 1 aromatic carbocycles. The van der Waals surface area contributed by atoms with Gasteiger partial charge >= 0.3 is 0 Å². The number of aromatic nitrogens is 4. The Morgan fingerprint density at radius 3 is 2.65 bits per heavy atom. The molecule has 8 nitrogen and oxygen atoms in total. The number of carbonyl (C=O) groups excluding carboxylic acids is 1. The first-order chi connectivity index (χ1) is 15.1. The molecule has 1 amide bonds. The van der Waals surface area contributed by atoms with Crippen molar-refractivity contribution in [2.45, 2.75) is 6.42 Å². The molecule has 3 aromatic heterocycles. The minimum Gasteiger partial charge on any atom is -0.382 e. The first-order valence-corrected chi connectivity index (χ1v) is 10.1. The normalized spacial score (nSPS) is 11.0. The second-order valence-corrected chi connectivity index (χ2v) is 7.35. The van der Waals surface area contributed by atoms with Crippen molar-refractivity contribution in [3.63, 3.8) is 0 Å². The zero-order chi connectivity index (χ0) is 21.8. The molecule has 3 heterocycles. The molecule has 3 N–H and O–H groups in total. The zero-order valence-electron chi connectivity index (χ0n) is 17.6. The number of nitrogens with one attached hydrogen (secondary N) is 1. The third-order valence-electron chi connectivity index (χ3n) is 5.15. The number of pyridine rings is 1. The van der Waals surface area contributed by atoms with Crippen LogP contribution in [-0.2, 0) is 0 Å². The van der Waals surface area contributed by atoms with E-state index >= 15 is 0 Å². The van der Waals surface area contributed by atoms with Gasteiger partial charge in [-0.05, 0) is 49.8 Å². The molecule has 0 fully saturated rings. The predicted octanol–water partition coefficient (Wildman–Crippen LogP) is 2.72. The number of carbonyl (C=O) groups is 1. The number of rotatable bonds is 7. The highest BCUT2D eigenvalue weighted by Gasteiger charge is 2.16. The van der Waals surface area contributed by atoms with Crippen molar-refractivity contribution < 1.29 is 4.79 Å². The van der Waals surface area contributed by atoms with Crippen molar-refractivity contribution in [2.75, 3.05) is 32.9 Å². The van der Waals surface area contributed by atoms with Crippen molar-refractivity contribution in [3.05, 3.63) is 66.6 Å². The number of anilines is 1. The maximum absolute atomic E-state index is 12.6. The van der Waals surface area contributed by atoms with E-state index in [2.05, 4.69) is 20.4 Å². The molecular formula is C23H25N7O. The minimum atomic E-state index is 0.0103. The number of hydrogen-bond acceptors (Lipinski definition) is 6. The topological polar surface area (TPSA) is 101 Å². The van der Waals surface area contributed by atoms with Crippen molar-refractivity contribution in [1.29, 1.82) is 0 Å². The SMILES string of the molecule is CNCCCN(C)C(=O)c1ccc(-c2cnc3c(-c4ccccn4)c(N)nn3c2)cc1. The molecule has 4 aromatic rings. The standard InChI is InChI=1S/C23H25N7O/c1-25-11-5-13-29(2)23(31)17-9-7-16(8-10-17)18-14-27-22-20(19-6-3-4-12-26-19)21(24)28-30(22)15-18/h3-4,6-10,12,14-15,25H,5,11,13H2,1-2H3,(H2,24,28). The summed E-state index contributed by atoms with van der Waals surface area (Å²) in [7, 11) is 3.73. The van der Waals surface area contributed by atoms with E-state index in [4.69, 9.17) is 5.73 Å². The number of amides is 1. The van der Waals surface area contributed by atoms with Gasteiger partial charge in [0.15, 0.2) is 11.5 Å². The second-order valence-electron chi connectivity index (χ2n) is 7.35. The summed E-state index contributed by atoms with van der Waals surface area (Å²) >= 11 is 0. The number of hydrogen-bond donors (Lipinski definition) is 2. The van der Waals surface area contributed by atoms with E-state index in [1.807, 2.05) is 62.8 Å². The first kappa shape index (κ1) is 20.5. The Morgan fingerprint density at radius 2 is 1.94 bits per heavy atom. The molecule has 0 bridgehead atoms. The van der Waals surface area contributed by atoms with Crippen LogP contribution in [0.25, 0.3) is 28.0 Å². The minimum absolute atomic E-state index is 0.0103. The number of benzene rings is 1. The summed E-state index contributed by atoms with van der Waals surface area (Å²) in [6.07, 6.45) is 6.29. The molecule has 0 saturated carbocycles. The summed E-state index contributed by atoms with van der Waals surface area (Å²) in [5, 5.41) is 7.50. The monoisotopic (exact) mass is 415 g/mol. The maximum atomic E-state index is 12.6. The lowest BCUT2D eigenvalue weighted by atomic mass is 10.1. The average Bonchev–Trinajstić information content (AvgIpc) is 3.14. The Kier molecular flexibility index (Phi) is 5.90. The van der Waals surface area contributed by atoms with Gasteiger partial charge in [-0.25, -0.2) is 9.50 Å². The number of nitrogens with two attached hydrogens (primary N) is 1. The third kappa shape index (κ3) is 4.24. The van der Waals surface area contributed by atoms with Crippen LogP contribution in [0.2, 0.25) is 0 Å². The molecule has 0 spiro atoms. The van der Waals surface area contributed by atoms with E-state index in [9.17, 15) is 4.79 Å². The molecule has 0 unspecified atom stereocenters. The maximum Gasteiger partial charge on any atom is 0.253 e. The molecule has 0 aliphatic heterocycles. The van der Waals surface area contributed by atoms with Crippen molar-refractivity contribution >= 4 is 17.4 Å². The van der Waals surface area contributed by atoms with Gasteiger partial charge in [0, 0.05) is 43.3 Å². The third-order valence-corrected chi connectivity index (χ3v) is 5.15. The van der Waals surface area contributed by atoms with E-state index < -0.39 is 0 Å². The van der Waals surface area contributed by atoms with Gasteiger partial charge in [-0.1, -0.05) is 18.2 Å². The number of nitrogen functional groups attached to an aromatic ring is 1. The van der Waals surface area contributed by atoms with Crippen LogP contribution in [0.4, 0.5) is 5.82 Å². The molecule has 0 radical (unpaired) electrons. The van der Waals surface area contributed by atoms with Crippen molar-refractivity contribution in [1.82, 2.24) is 29.8 Å². The zero-order valence-corrected chi connectivity index (χ0v) is 17.6. The first-order valence-electron chi connectivity index (χ1n) is 10.1. The Hall–Kier alpha value is -3.78. The molecule has 0 saturated heterocycles. The molecule has 8 heteroatoms. The highest BCUT2D eigenvalue weighted by molar-refractivity contribution is 5.94. The molecule has 31 heavy (non-hydrogen) atoms. The van der Waals surface area contributed by atoms with Crippen LogP contribution in [-0.4, -0.2) is 57.6 Å². The van der Waals surface area contributed by atoms with Crippen molar-refractivity contribution in [2.24, 2.45) is 0 Å². The summed E-state index contributed by atoms with van der Waals surface area (Å²) in [5.74, 6) is 0.390. The van der Waals surface area contributed by atoms with Crippen LogP contribution in [0.3, 0.4) is 0 Å². The summed E-state index contributed by atoms with van der Waals surface area (Å²) < 4.78 is 1.67. The molecule has 4 rings (SSSR count). The van der Waals surface area contributed by atoms with E-state index in [0.29, 0.717) is 23.6 Å². The lowest BCUT2D eigenvalue weighted by Gasteiger charge is -2.17. The summed E-state index contributed by atoms with van der Waals surface area (Å²) in [5.41, 5.74) is 10.7. The van der Waals surface area contributed by atoms with Gasteiger partial charge in [-0.2, -0.15) is 0 Å². The fourth-order valence-corrected chi connectivity index (χ4v) is 3.48. The molecule has 0 aliphatic carbocycles. The molecule has 0 aliphatic rings. The van der Waals surface area contributed by atoms with Crippen LogP contribution in [0.15, 0.2) is 61.1 Å². The number of nitrogens with zero attached hydrogens (tertiary/aromatic N) is 5. The Balaban J connectivity index is 1.57.